The fourth-order valence-electron chi connectivity index (χ4n) is 1.35. The number of rotatable bonds is 6. The van der Waals surface area contributed by atoms with Crippen molar-refractivity contribution in [2.75, 3.05) is 6.54 Å². The van der Waals surface area contributed by atoms with Gasteiger partial charge in [0.2, 0.25) is 0 Å². The Balaban J connectivity index is 2.76. The second-order valence-electron chi connectivity index (χ2n) is 3.35. The molecule has 0 saturated heterocycles. The molecule has 1 heterocycles. The molecule has 7 nitrogen and oxygen atoms in total. The molecule has 0 aliphatic heterocycles. The van der Waals surface area contributed by atoms with Crippen molar-refractivity contribution < 1.29 is 15.0 Å². The summed E-state index contributed by atoms with van der Waals surface area (Å²) in [6, 6.07) is 3.06. The zero-order valence-corrected chi connectivity index (χ0v) is 8.97. The lowest BCUT2D eigenvalue weighted by molar-refractivity contribution is 0.0122. The number of azide groups is 1. The molecule has 0 aliphatic carbocycles. The number of nitrogens with zero attached hydrogens (tertiary/aromatic N) is 4. The minimum atomic E-state index is -1.27. The molecule has 0 radical (unpaired) electrons. The van der Waals surface area contributed by atoms with Crippen molar-refractivity contribution in [1.29, 1.82) is 0 Å². The molecule has 2 unspecified atom stereocenters. The molecule has 0 amide bonds. The highest BCUT2D eigenvalue weighted by atomic mass is 16.3. The lowest BCUT2D eigenvalue weighted by Gasteiger charge is -2.17. The van der Waals surface area contributed by atoms with Gasteiger partial charge >= 0.3 is 0 Å². The van der Waals surface area contributed by atoms with E-state index in [0.29, 0.717) is 6.29 Å². The van der Waals surface area contributed by atoms with E-state index in [1.54, 1.807) is 6.07 Å². The maximum Gasteiger partial charge on any atom is 0.151 e. The molecule has 17 heavy (non-hydrogen) atoms. The summed E-state index contributed by atoms with van der Waals surface area (Å²) in [5.41, 5.74) is 8.42. The van der Waals surface area contributed by atoms with Crippen molar-refractivity contribution in [3.05, 3.63) is 40.0 Å². The molecule has 2 N–H and O–H groups in total. The van der Waals surface area contributed by atoms with Gasteiger partial charge in [-0.2, -0.15) is 0 Å². The lowest BCUT2D eigenvalue weighted by atomic mass is 10.0. The first kappa shape index (κ1) is 13.1. The van der Waals surface area contributed by atoms with E-state index in [-0.39, 0.29) is 24.2 Å². The van der Waals surface area contributed by atoms with E-state index in [1.165, 1.54) is 12.3 Å². The van der Waals surface area contributed by atoms with Crippen LogP contribution >= 0.6 is 0 Å². The average molecular weight is 236 g/mol. The van der Waals surface area contributed by atoms with E-state index in [0.717, 1.165) is 0 Å². The fourth-order valence-corrected chi connectivity index (χ4v) is 1.35. The van der Waals surface area contributed by atoms with Crippen LogP contribution in [-0.4, -0.2) is 34.1 Å². The Bertz CT molecular complexity index is 431. The van der Waals surface area contributed by atoms with Crippen LogP contribution in [0.4, 0.5) is 0 Å². The largest absolute Gasteiger partial charge is 0.390 e. The van der Waals surface area contributed by atoms with Crippen LogP contribution in [0.5, 0.6) is 0 Å². The zero-order valence-electron chi connectivity index (χ0n) is 8.97. The molecule has 2 atom stereocenters. The smallest absolute Gasteiger partial charge is 0.151 e. The Morgan fingerprint density at radius 3 is 3.00 bits per heavy atom. The Morgan fingerprint density at radius 2 is 2.35 bits per heavy atom. The predicted molar refractivity (Wildman–Crippen MR) is 59.2 cm³/mol. The molecule has 1 aromatic rings. The zero-order chi connectivity index (χ0) is 12.7. The maximum absolute atomic E-state index is 10.7. The van der Waals surface area contributed by atoms with Gasteiger partial charge < -0.3 is 10.2 Å². The maximum atomic E-state index is 10.7. The van der Waals surface area contributed by atoms with Crippen molar-refractivity contribution in [1.82, 2.24) is 4.98 Å². The van der Waals surface area contributed by atoms with E-state index < -0.39 is 12.2 Å². The molecule has 1 rings (SSSR count). The van der Waals surface area contributed by atoms with E-state index in [9.17, 15) is 15.0 Å². The van der Waals surface area contributed by atoms with Crippen LogP contribution < -0.4 is 0 Å². The van der Waals surface area contributed by atoms with Crippen LogP contribution in [0.15, 0.2) is 23.4 Å². The van der Waals surface area contributed by atoms with Gasteiger partial charge in [-0.1, -0.05) is 5.11 Å². The summed E-state index contributed by atoms with van der Waals surface area (Å²) >= 11 is 0. The summed E-state index contributed by atoms with van der Waals surface area (Å²) in [5.74, 6) is 0. The van der Waals surface area contributed by atoms with Gasteiger partial charge in [0.15, 0.2) is 6.29 Å². The minimum Gasteiger partial charge on any atom is -0.390 e. The predicted octanol–water partition coefficient (Wildman–Crippen LogP) is 0.989. The summed E-state index contributed by atoms with van der Waals surface area (Å²) in [4.78, 5) is 17.1. The number of carbonyl (C=O) groups excluding carboxylic acids is 1. The Hall–Kier alpha value is -1.95. The Labute approximate surface area is 97.4 Å². The fraction of sp³-hybridized carbons (Fsp3) is 0.400. The van der Waals surface area contributed by atoms with Gasteiger partial charge in [0.1, 0.15) is 6.10 Å². The van der Waals surface area contributed by atoms with Gasteiger partial charge in [-0.25, -0.2) is 0 Å². The Kier molecular flexibility index (Phi) is 5.09. The number of hydrogen-bond acceptors (Lipinski definition) is 5. The molecular weight excluding hydrogens is 224 g/mol. The average Bonchev–Trinajstić information content (AvgIpc) is 2.38. The van der Waals surface area contributed by atoms with Crippen molar-refractivity contribution in [2.45, 2.75) is 18.6 Å². The molecule has 0 saturated carbocycles. The van der Waals surface area contributed by atoms with E-state index in [4.69, 9.17) is 5.53 Å². The third-order valence-electron chi connectivity index (χ3n) is 2.23. The highest BCUT2D eigenvalue weighted by molar-refractivity contribution is 5.76. The first-order valence-electron chi connectivity index (χ1n) is 4.97. The third kappa shape index (κ3) is 3.53. The highest BCUT2D eigenvalue weighted by Crippen LogP contribution is 2.19. The Morgan fingerprint density at radius 1 is 1.59 bits per heavy atom. The molecule has 0 aliphatic rings. The second-order valence-corrected chi connectivity index (χ2v) is 3.35. The SMILES string of the molecule is [N-]=[N+]=NCCC(O)C(O)c1ncccc1C=O. The van der Waals surface area contributed by atoms with Crippen molar-refractivity contribution in [3.63, 3.8) is 0 Å². The van der Waals surface area contributed by atoms with Gasteiger partial charge in [-0.3, -0.25) is 9.78 Å². The first-order chi connectivity index (χ1) is 8.20. The first-order valence-corrected chi connectivity index (χ1v) is 4.97. The molecule has 0 aromatic carbocycles. The van der Waals surface area contributed by atoms with Gasteiger partial charge in [-0.15, -0.1) is 0 Å². The van der Waals surface area contributed by atoms with E-state index in [1.807, 2.05) is 0 Å². The normalized spacial score (nSPS) is 13.5. The van der Waals surface area contributed by atoms with Gasteiger partial charge in [0.25, 0.3) is 0 Å². The second kappa shape index (κ2) is 6.59. The minimum absolute atomic E-state index is 0.0674. The van der Waals surface area contributed by atoms with Gasteiger partial charge in [0.05, 0.1) is 11.8 Å². The van der Waals surface area contributed by atoms with E-state index >= 15 is 0 Å². The number of hydrogen-bond donors (Lipinski definition) is 2. The number of aliphatic hydroxyl groups excluding tert-OH is 2. The van der Waals surface area contributed by atoms with Crippen LogP contribution in [0.3, 0.4) is 0 Å². The standard InChI is InChI=1S/C10H12N4O3/c11-14-13-5-3-8(16)10(17)9-7(6-15)2-1-4-12-9/h1-2,4,6,8,10,16-17H,3,5H2. The number of pyridine rings is 1. The number of aromatic nitrogens is 1. The summed E-state index contributed by atoms with van der Waals surface area (Å²) in [6.07, 6.45) is -0.322. The van der Waals surface area contributed by atoms with Crippen molar-refractivity contribution in [2.24, 2.45) is 5.11 Å². The van der Waals surface area contributed by atoms with Crippen LogP contribution in [0.2, 0.25) is 0 Å². The summed E-state index contributed by atoms with van der Waals surface area (Å²) < 4.78 is 0. The summed E-state index contributed by atoms with van der Waals surface area (Å²) in [7, 11) is 0. The number of carbonyl (C=O) groups is 1. The number of aldehydes is 1. The van der Waals surface area contributed by atoms with Gasteiger partial charge in [0, 0.05) is 23.2 Å². The van der Waals surface area contributed by atoms with Crippen LogP contribution in [-0.2, 0) is 0 Å². The van der Waals surface area contributed by atoms with Crippen LogP contribution in [0.25, 0.3) is 10.4 Å². The van der Waals surface area contributed by atoms with E-state index in [2.05, 4.69) is 15.0 Å². The molecule has 90 valence electrons. The highest BCUT2D eigenvalue weighted by Gasteiger charge is 2.21. The number of aliphatic hydroxyl groups is 2. The molecular formula is C10H12N4O3. The molecule has 0 bridgehead atoms. The molecule has 0 fully saturated rings. The summed E-state index contributed by atoms with van der Waals surface area (Å²) in [5, 5.41) is 22.7. The quantitative estimate of drug-likeness (QED) is 0.331. The van der Waals surface area contributed by atoms with Crippen LogP contribution in [0, 0.1) is 0 Å². The summed E-state index contributed by atoms with van der Waals surface area (Å²) in [6.45, 7) is 0.0674. The molecule has 0 spiro atoms. The molecule has 1 aromatic heterocycles. The topological polar surface area (TPSA) is 119 Å². The monoisotopic (exact) mass is 236 g/mol. The third-order valence-corrected chi connectivity index (χ3v) is 2.23. The van der Waals surface area contributed by atoms with Crippen molar-refractivity contribution >= 4 is 6.29 Å². The van der Waals surface area contributed by atoms with Crippen molar-refractivity contribution in [3.8, 4) is 0 Å². The van der Waals surface area contributed by atoms with Crippen LogP contribution in [0.1, 0.15) is 28.6 Å². The van der Waals surface area contributed by atoms with Gasteiger partial charge in [-0.05, 0) is 24.1 Å². The lowest BCUT2D eigenvalue weighted by Crippen LogP contribution is -2.21. The molecule has 7 heteroatoms.